The van der Waals surface area contributed by atoms with Crippen molar-refractivity contribution in [2.75, 3.05) is 25.4 Å². The summed E-state index contributed by atoms with van der Waals surface area (Å²) in [7, 11) is 0. The van der Waals surface area contributed by atoms with Gasteiger partial charge in [0.25, 0.3) is 5.91 Å². The first-order chi connectivity index (χ1) is 13.3. The Labute approximate surface area is 160 Å². The molecule has 1 aromatic carbocycles. The van der Waals surface area contributed by atoms with Crippen molar-refractivity contribution >= 4 is 17.7 Å². The Balaban J connectivity index is 1.87. The van der Waals surface area contributed by atoms with Crippen molar-refractivity contribution in [3.05, 3.63) is 53.5 Å². The highest BCUT2D eigenvalue weighted by molar-refractivity contribution is 5.96. The van der Waals surface area contributed by atoms with Gasteiger partial charge in [-0.3, -0.25) is 10.2 Å². The molecule has 0 saturated carbocycles. The molecule has 2 heterocycles. The van der Waals surface area contributed by atoms with E-state index in [1.54, 1.807) is 4.90 Å². The van der Waals surface area contributed by atoms with Gasteiger partial charge in [0.15, 0.2) is 29.1 Å². The molecular formula is C18H21F2N7O. The van der Waals surface area contributed by atoms with Crippen LogP contribution in [0.1, 0.15) is 28.9 Å². The van der Waals surface area contributed by atoms with Crippen LogP contribution in [-0.2, 0) is 5.41 Å². The average Bonchev–Trinajstić information content (AvgIpc) is 2.69. The van der Waals surface area contributed by atoms with Crippen LogP contribution in [-0.4, -0.2) is 46.4 Å². The van der Waals surface area contributed by atoms with Gasteiger partial charge in [0, 0.05) is 37.4 Å². The van der Waals surface area contributed by atoms with Crippen molar-refractivity contribution in [2.45, 2.75) is 18.3 Å². The molecule has 2 aromatic rings. The number of amides is 1. The Hall–Kier alpha value is -3.30. The van der Waals surface area contributed by atoms with Crippen LogP contribution in [0.5, 0.6) is 0 Å². The van der Waals surface area contributed by atoms with Crippen molar-refractivity contribution < 1.29 is 13.6 Å². The minimum absolute atomic E-state index is 0.0163. The van der Waals surface area contributed by atoms with E-state index in [0.29, 0.717) is 25.9 Å². The number of nitrogens with two attached hydrogens (primary N) is 2. The second kappa shape index (κ2) is 7.75. The summed E-state index contributed by atoms with van der Waals surface area (Å²) in [5.41, 5.74) is 10.5. The number of aromatic nitrogens is 2. The predicted octanol–water partition coefficient (Wildman–Crippen LogP) is 0.994. The maximum atomic E-state index is 14.6. The number of likely N-dealkylation sites (tertiary alicyclic amines) is 1. The topological polar surface area (TPSA) is 134 Å². The van der Waals surface area contributed by atoms with E-state index >= 15 is 0 Å². The van der Waals surface area contributed by atoms with Crippen LogP contribution in [0.2, 0.25) is 0 Å². The minimum Gasteiger partial charge on any atom is -0.382 e. The molecule has 148 valence electrons. The SMILES string of the molecule is N=C(N)N1CCC(CNC(=O)c2nccnc2N)(c2cccc(F)c2F)CC1. The Kier molecular flexibility index (Phi) is 5.39. The number of halogens is 2. The highest BCUT2D eigenvalue weighted by Crippen LogP contribution is 2.37. The third-order valence-electron chi connectivity index (χ3n) is 5.11. The molecule has 1 saturated heterocycles. The number of nitrogens with zero attached hydrogens (tertiary/aromatic N) is 3. The lowest BCUT2D eigenvalue weighted by Crippen LogP contribution is -2.52. The summed E-state index contributed by atoms with van der Waals surface area (Å²) in [6, 6.07) is 4.01. The van der Waals surface area contributed by atoms with Gasteiger partial charge in [-0.05, 0) is 24.5 Å². The molecule has 28 heavy (non-hydrogen) atoms. The van der Waals surface area contributed by atoms with Gasteiger partial charge in [-0.25, -0.2) is 18.7 Å². The summed E-state index contributed by atoms with van der Waals surface area (Å²) in [5.74, 6) is -2.53. The lowest BCUT2D eigenvalue weighted by atomic mass is 9.72. The van der Waals surface area contributed by atoms with Crippen LogP contribution in [0.4, 0.5) is 14.6 Å². The minimum atomic E-state index is -0.949. The number of nitrogen functional groups attached to an aromatic ring is 1. The molecule has 1 aromatic heterocycles. The highest BCUT2D eigenvalue weighted by atomic mass is 19.2. The molecule has 6 N–H and O–H groups in total. The zero-order chi connectivity index (χ0) is 20.3. The molecule has 0 radical (unpaired) electrons. The molecule has 0 unspecified atom stereocenters. The van der Waals surface area contributed by atoms with Gasteiger partial charge in [0.05, 0.1) is 0 Å². The smallest absolute Gasteiger partial charge is 0.273 e. The maximum absolute atomic E-state index is 14.6. The summed E-state index contributed by atoms with van der Waals surface area (Å²) in [6.45, 7) is 0.816. The van der Waals surface area contributed by atoms with E-state index < -0.39 is 23.0 Å². The molecule has 8 nitrogen and oxygen atoms in total. The van der Waals surface area contributed by atoms with Gasteiger partial charge in [-0.15, -0.1) is 0 Å². The van der Waals surface area contributed by atoms with E-state index in [-0.39, 0.29) is 29.6 Å². The molecule has 3 rings (SSSR count). The van der Waals surface area contributed by atoms with Crippen LogP contribution in [0.3, 0.4) is 0 Å². The van der Waals surface area contributed by atoms with Crippen molar-refractivity contribution in [2.24, 2.45) is 5.73 Å². The number of hydrogen-bond donors (Lipinski definition) is 4. The summed E-state index contributed by atoms with van der Waals surface area (Å²) >= 11 is 0. The number of piperidine rings is 1. The van der Waals surface area contributed by atoms with Crippen LogP contribution in [0.25, 0.3) is 0 Å². The number of nitrogens with one attached hydrogen (secondary N) is 2. The maximum Gasteiger partial charge on any atom is 0.273 e. The number of rotatable bonds is 4. The van der Waals surface area contributed by atoms with Gasteiger partial charge in [-0.1, -0.05) is 12.1 Å². The molecule has 1 aliphatic rings. The van der Waals surface area contributed by atoms with Gasteiger partial charge < -0.3 is 21.7 Å². The molecule has 1 aliphatic heterocycles. The van der Waals surface area contributed by atoms with E-state index in [1.807, 2.05) is 0 Å². The average molecular weight is 389 g/mol. The lowest BCUT2D eigenvalue weighted by molar-refractivity contribution is 0.0926. The third-order valence-corrected chi connectivity index (χ3v) is 5.11. The van der Waals surface area contributed by atoms with Crippen molar-refractivity contribution in [1.29, 1.82) is 5.41 Å². The second-order valence-electron chi connectivity index (χ2n) is 6.73. The van der Waals surface area contributed by atoms with E-state index in [0.717, 1.165) is 6.07 Å². The second-order valence-corrected chi connectivity index (χ2v) is 6.73. The van der Waals surface area contributed by atoms with Crippen molar-refractivity contribution in [1.82, 2.24) is 20.2 Å². The number of benzene rings is 1. The summed E-state index contributed by atoms with van der Waals surface area (Å²) in [4.78, 5) is 21.9. The molecule has 0 bridgehead atoms. The Morgan fingerprint density at radius 1 is 1.25 bits per heavy atom. The van der Waals surface area contributed by atoms with Crippen LogP contribution in [0, 0.1) is 17.0 Å². The first kappa shape index (κ1) is 19.5. The van der Waals surface area contributed by atoms with Crippen LogP contribution in [0.15, 0.2) is 30.6 Å². The van der Waals surface area contributed by atoms with E-state index in [1.165, 1.54) is 24.5 Å². The standard InChI is InChI=1S/C18H21F2N7O/c19-12-3-1-2-11(13(12)20)18(4-8-27(9-5-18)17(22)23)10-26-16(28)14-15(21)25-7-6-24-14/h1-3,6-7H,4-5,8-10H2,(H2,21,25)(H3,22,23)(H,26,28). The van der Waals surface area contributed by atoms with Crippen molar-refractivity contribution in [3.63, 3.8) is 0 Å². The molecule has 10 heteroatoms. The number of carbonyl (C=O) groups is 1. The fourth-order valence-electron chi connectivity index (χ4n) is 3.49. The van der Waals surface area contributed by atoms with Gasteiger partial charge in [-0.2, -0.15) is 0 Å². The predicted molar refractivity (Wildman–Crippen MR) is 99.5 cm³/mol. The van der Waals surface area contributed by atoms with Gasteiger partial charge >= 0.3 is 0 Å². The van der Waals surface area contributed by atoms with Crippen LogP contribution >= 0.6 is 0 Å². The Morgan fingerprint density at radius 3 is 2.57 bits per heavy atom. The number of anilines is 1. The van der Waals surface area contributed by atoms with E-state index in [9.17, 15) is 13.6 Å². The Bertz CT molecular complexity index is 897. The molecule has 0 spiro atoms. The Morgan fingerprint density at radius 2 is 1.93 bits per heavy atom. The third kappa shape index (κ3) is 3.71. The first-order valence-corrected chi connectivity index (χ1v) is 8.72. The fourth-order valence-corrected chi connectivity index (χ4v) is 3.49. The van der Waals surface area contributed by atoms with Gasteiger partial charge in [0.2, 0.25) is 0 Å². The highest BCUT2D eigenvalue weighted by Gasteiger charge is 2.39. The van der Waals surface area contributed by atoms with Crippen molar-refractivity contribution in [3.8, 4) is 0 Å². The first-order valence-electron chi connectivity index (χ1n) is 8.72. The van der Waals surface area contributed by atoms with E-state index in [2.05, 4.69) is 15.3 Å². The summed E-state index contributed by atoms with van der Waals surface area (Å²) in [5, 5.41) is 10.3. The number of carbonyl (C=O) groups excluding carboxylic acids is 1. The normalized spacial score (nSPS) is 15.9. The molecule has 1 amide bonds. The molecular weight excluding hydrogens is 368 g/mol. The van der Waals surface area contributed by atoms with Gasteiger partial charge in [0.1, 0.15) is 0 Å². The quantitative estimate of drug-likeness (QED) is 0.455. The summed E-state index contributed by atoms with van der Waals surface area (Å²) < 4.78 is 28.5. The zero-order valence-corrected chi connectivity index (χ0v) is 15.1. The fraction of sp³-hybridized carbons (Fsp3) is 0.333. The zero-order valence-electron chi connectivity index (χ0n) is 15.1. The summed E-state index contributed by atoms with van der Waals surface area (Å²) in [6.07, 6.45) is 3.47. The monoisotopic (exact) mass is 389 g/mol. The van der Waals surface area contributed by atoms with E-state index in [4.69, 9.17) is 16.9 Å². The number of hydrogen-bond acceptors (Lipinski definition) is 5. The largest absolute Gasteiger partial charge is 0.382 e. The number of guanidine groups is 1. The van der Waals surface area contributed by atoms with Crippen LogP contribution < -0.4 is 16.8 Å². The molecule has 1 fully saturated rings. The molecule has 0 aliphatic carbocycles. The lowest BCUT2D eigenvalue weighted by Gasteiger charge is -2.42. The molecule has 0 atom stereocenters.